The van der Waals surface area contributed by atoms with Gasteiger partial charge in [-0.15, -0.1) is 0 Å². The Bertz CT molecular complexity index is 870. The standard InChI is InChI=1S/C20H18ClN3O2/c21-14-9-7-13(8-10-14)17-16-18(23-12-4-11-22(17)23)20(26)24(19(16)25)15-5-2-1-3-6-15/h1-3,5-10,16-18H,4,11-12H2/t16-,17-,18+/m0/s1. The smallest absolute Gasteiger partial charge is 0.253 e. The number of anilines is 1. The van der Waals surface area contributed by atoms with Crippen molar-refractivity contribution < 1.29 is 9.59 Å². The molecule has 0 spiro atoms. The highest BCUT2D eigenvalue weighted by molar-refractivity contribution is 6.30. The maximum absolute atomic E-state index is 13.3. The van der Waals surface area contributed by atoms with Crippen LogP contribution in [-0.4, -0.2) is 41.0 Å². The zero-order valence-electron chi connectivity index (χ0n) is 14.1. The SMILES string of the molecule is O=C1[C@@H]2[C@H](C(=O)N1c1ccccc1)N1CCCN1[C@H]2c1ccc(Cl)cc1. The quantitative estimate of drug-likeness (QED) is 0.766. The third-order valence-corrected chi connectivity index (χ3v) is 5.88. The highest BCUT2D eigenvalue weighted by Crippen LogP contribution is 2.48. The summed E-state index contributed by atoms with van der Waals surface area (Å²) in [5, 5.41) is 4.98. The van der Waals surface area contributed by atoms with E-state index in [4.69, 9.17) is 11.6 Å². The first-order valence-electron chi connectivity index (χ1n) is 8.88. The molecule has 0 N–H and O–H groups in total. The lowest BCUT2D eigenvalue weighted by Crippen LogP contribution is -2.44. The molecule has 2 amide bonds. The van der Waals surface area contributed by atoms with Crippen LogP contribution in [0.2, 0.25) is 5.02 Å². The van der Waals surface area contributed by atoms with E-state index in [1.807, 2.05) is 54.6 Å². The minimum absolute atomic E-state index is 0.111. The molecule has 0 aromatic heterocycles. The van der Waals surface area contributed by atoms with Crippen LogP contribution < -0.4 is 4.90 Å². The van der Waals surface area contributed by atoms with E-state index in [9.17, 15) is 9.59 Å². The number of imide groups is 1. The number of carbonyl (C=O) groups excluding carboxylic acids is 2. The van der Waals surface area contributed by atoms with Crippen LogP contribution in [0.15, 0.2) is 54.6 Å². The van der Waals surface area contributed by atoms with E-state index < -0.39 is 6.04 Å². The van der Waals surface area contributed by atoms with Gasteiger partial charge < -0.3 is 0 Å². The van der Waals surface area contributed by atoms with Crippen LogP contribution in [0.4, 0.5) is 5.69 Å². The molecule has 5 rings (SSSR count). The summed E-state index contributed by atoms with van der Waals surface area (Å²) in [6, 6.07) is 16.3. The third-order valence-electron chi connectivity index (χ3n) is 5.63. The zero-order chi connectivity index (χ0) is 17.8. The van der Waals surface area contributed by atoms with E-state index in [0.29, 0.717) is 10.7 Å². The number of hydrogen-bond donors (Lipinski definition) is 0. The zero-order valence-corrected chi connectivity index (χ0v) is 14.8. The Hall–Kier alpha value is -2.21. The summed E-state index contributed by atoms with van der Waals surface area (Å²) >= 11 is 6.04. The third kappa shape index (κ3) is 2.18. The minimum Gasteiger partial charge on any atom is -0.274 e. The molecule has 0 saturated carbocycles. The lowest BCUT2D eigenvalue weighted by atomic mass is 9.90. The number of fused-ring (bicyclic) bond motifs is 3. The summed E-state index contributed by atoms with van der Waals surface area (Å²) in [5.41, 5.74) is 1.68. The van der Waals surface area contributed by atoms with Crippen LogP contribution in [0.5, 0.6) is 0 Å². The number of halogens is 1. The van der Waals surface area contributed by atoms with Crippen LogP contribution in [0.3, 0.4) is 0 Å². The number of nitrogens with zero attached hydrogens (tertiary/aromatic N) is 3. The van der Waals surface area contributed by atoms with Gasteiger partial charge in [0.25, 0.3) is 5.91 Å². The lowest BCUT2D eigenvalue weighted by Gasteiger charge is -2.29. The van der Waals surface area contributed by atoms with Gasteiger partial charge in [0.2, 0.25) is 5.91 Å². The first-order chi connectivity index (χ1) is 12.7. The van der Waals surface area contributed by atoms with Gasteiger partial charge in [-0.2, -0.15) is 0 Å². The van der Waals surface area contributed by atoms with Gasteiger partial charge >= 0.3 is 0 Å². The molecule has 3 aliphatic heterocycles. The molecule has 2 aromatic rings. The molecule has 0 radical (unpaired) electrons. The molecule has 3 saturated heterocycles. The lowest BCUT2D eigenvalue weighted by molar-refractivity contribution is -0.126. The molecule has 3 heterocycles. The molecular weight excluding hydrogens is 350 g/mol. The van der Waals surface area contributed by atoms with Crippen molar-refractivity contribution in [3.63, 3.8) is 0 Å². The second kappa shape index (κ2) is 5.91. The Morgan fingerprint density at radius 3 is 2.15 bits per heavy atom. The molecule has 0 unspecified atom stereocenters. The summed E-state index contributed by atoms with van der Waals surface area (Å²) in [4.78, 5) is 27.9. The van der Waals surface area contributed by atoms with Crippen LogP contribution in [0.25, 0.3) is 0 Å². The topological polar surface area (TPSA) is 43.9 Å². The van der Waals surface area contributed by atoms with Gasteiger partial charge in [0, 0.05) is 18.1 Å². The Morgan fingerprint density at radius 2 is 1.46 bits per heavy atom. The van der Waals surface area contributed by atoms with Crippen LogP contribution in [0, 0.1) is 5.92 Å². The molecular formula is C20H18ClN3O2. The van der Waals surface area contributed by atoms with E-state index in [-0.39, 0.29) is 23.8 Å². The maximum atomic E-state index is 13.3. The van der Waals surface area contributed by atoms with Crippen molar-refractivity contribution in [2.24, 2.45) is 5.92 Å². The van der Waals surface area contributed by atoms with E-state index in [1.165, 1.54) is 4.90 Å². The van der Waals surface area contributed by atoms with Gasteiger partial charge in [-0.25, -0.2) is 14.9 Å². The number of hydrogen-bond acceptors (Lipinski definition) is 4. The number of rotatable bonds is 2. The summed E-state index contributed by atoms with van der Waals surface area (Å²) in [6.07, 6.45) is 1.00. The Balaban J connectivity index is 1.59. The van der Waals surface area contributed by atoms with Crippen molar-refractivity contribution in [1.82, 2.24) is 10.0 Å². The van der Waals surface area contributed by atoms with Crippen molar-refractivity contribution >= 4 is 29.1 Å². The molecule has 132 valence electrons. The van der Waals surface area contributed by atoms with Crippen LogP contribution in [-0.2, 0) is 9.59 Å². The molecule has 3 fully saturated rings. The number of para-hydroxylation sites is 1. The number of hydrazine groups is 1. The van der Waals surface area contributed by atoms with E-state index in [1.54, 1.807) is 0 Å². The maximum Gasteiger partial charge on any atom is 0.253 e. The number of benzene rings is 2. The second-order valence-electron chi connectivity index (χ2n) is 6.99. The van der Waals surface area contributed by atoms with E-state index in [2.05, 4.69) is 10.0 Å². The van der Waals surface area contributed by atoms with Gasteiger partial charge in [-0.05, 0) is 36.2 Å². The molecule has 5 nitrogen and oxygen atoms in total. The first kappa shape index (κ1) is 16.0. The summed E-state index contributed by atoms with van der Waals surface area (Å²) < 4.78 is 0. The van der Waals surface area contributed by atoms with Crippen LogP contribution >= 0.6 is 11.6 Å². The number of amides is 2. The normalized spacial score (nSPS) is 28.7. The molecule has 0 aliphatic carbocycles. The summed E-state index contributed by atoms with van der Waals surface area (Å²) in [7, 11) is 0. The molecule has 3 aliphatic rings. The Morgan fingerprint density at radius 1 is 0.808 bits per heavy atom. The first-order valence-corrected chi connectivity index (χ1v) is 9.26. The molecule has 0 bridgehead atoms. The molecule has 6 heteroatoms. The summed E-state index contributed by atoms with van der Waals surface area (Å²) in [5.74, 6) is -0.612. The minimum atomic E-state index is -0.411. The Kier molecular flexibility index (Phi) is 3.64. The largest absolute Gasteiger partial charge is 0.274 e. The number of carbonyl (C=O) groups is 2. The van der Waals surface area contributed by atoms with Gasteiger partial charge in [-0.3, -0.25) is 9.59 Å². The van der Waals surface area contributed by atoms with Crippen molar-refractivity contribution in [3.05, 3.63) is 65.2 Å². The van der Waals surface area contributed by atoms with Crippen LogP contribution in [0.1, 0.15) is 18.0 Å². The van der Waals surface area contributed by atoms with E-state index in [0.717, 1.165) is 25.1 Å². The van der Waals surface area contributed by atoms with Gasteiger partial charge in [-0.1, -0.05) is 41.9 Å². The fourth-order valence-corrected chi connectivity index (χ4v) is 4.73. The highest BCUT2D eigenvalue weighted by Gasteiger charge is 2.62. The van der Waals surface area contributed by atoms with E-state index >= 15 is 0 Å². The predicted molar refractivity (Wildman–Crippen MR) is 98.4 cm³/mol. The molecule has 26 heavy (non-hydrogen) atoms. The molecule has 2 aromatic carbocycles. The monoisotopic (exact) mass is 367 g/mol. The molecule has 3 atom stereocenters. The van der Waals surface area contributed by atoms with Crippen molar-refractivity contribution in [2.75, 3.05) is 18.0 Å². The van der Waals surface area contributed by atoms with Crippen molar-refractivity contribution in [1.29, 1.82) is 0 Å². The summed E-state index contributed by atoms with van der Waals surface area (Å²) in [6.45, 7) is 1.68. The average Bonchev–Trinajstić information content (AvgIpc) is 3.29. The van der Waals surface area contributed by atoms with Gasteiger partial charge in [0.15, 0.2) is 0 Å². The average molecular weight is 368 g/mol. The highest BCUT2D eigenvalue weighted by atomic mass is 35.5. The fourth-order valence-electron chi connectivity index (χ4n) is 4.60. The van der Waals surface area contributed by atoms with Gasteiger partial charge in [0.05, 0.1) is 17.6 Å². The van der Waals surface area contributed by atoms with Crippen molar-refractivity contribution in [2.45, 2.75) is 18.5 Å². The van der Waals surface area contributed by atoms with Crippen molar-refractivity contribution in [3.8, 4) is 0 Å². The second-order valence-corrected chi connectivity index (χ2v) is 7.43. The Labute approximate surface area is 156 Å². The fraction of sp³-hybridized carbons (Fsp3) is 0.300. The van der Waals surface area contributed by atoms with Gasteiger partial charge in [0.1, 0.15) is 6.04 Å². The predicted octanol–water partition coefficient (Wildman–Crippen LogP) is 2.88.